The topological polar surface area (TPSA) is 50.2 Å². The van der Waals surface area contributed by atoms with Gasteiger partial charge in [-0.3, -0.25) is 4.79 Å². The highest BCUT2D eigenvalue weighted by Crippen LogP contribution is 2.25. The van der Waals surface area contributed by atoms with Crippen LogP contribution >= 0.6 is 11.3 Å². The van der Waals surface area contributed by atoms with Crippen LogP contribution in [0.2, 0.25) is 0 Å². The van der Waals surface area contributed by atoms with Gasteiger partial charge in [0.1, 0.15) is 5.82 Å². The fraction of sp³-hybridized carbons (Fsp3) is 0.231. The van der Waals surface area contributed by atoms with E-state index in [0.29, 0.717) is 5.01 Å². The molecule has 0 saturated heterocycles. The number of aryl methyl sites for hydroxylation is 1. The number of carboxylic acid groups (broad SMARTS) is 1. The van der Waals surface area contributed by atoms with Crippen LogP contribution in [-0.2, 0) is 11.2 Å². The Kier molecular flexibility index (Phi) is 3.72. The van der Waals surface area contributed by atoms with Crippen molar-refractivity contribution >= 4 is 17.3 Å². The molecule has 0 saturated carbocycles. The van der Waals surface area contributed by atoms with Crippen LogP contribution in [0.3, 0.4) is 0 Å². The van der Waals surface area contributed by atoms with Gasteiger partial charge in [-0.1, -0.05) is 18.2 Å². The zero-order valence-electron chi connectivity index (χ0n) is 9.76. The van der Waals surface area contributed by atoms with Crippen LogP contribution in [0.1, 0.15) is 22.2 Å². The number of rotatable bonds is 4. The van der Waals surface area contributed by atoms with Crippen molar-refractivity contribution in [2.45, 2.75) is 19.3 Å². The third kappa shape index (κ3) is 2.73. The average Bonchev–Trinajstić information content (AvgIpc) is 2.73. The first-order valence-corrected chi connectivity index (χ1v) is 6.34. The van der Waals surface area contributed by atoms with Gasteiger partial charge in [0, 0.05) is 23.1 Å². The van der Waals surface area contributed by atoms with Crippen LogP contribution in [0.4, 0.5) is 4.39 Å². The normalized spacial score (nSPS) is 12.3. The first kappa shape index (κ1) is 12.7. The molecule has 3 nitrogen and oxygen atoms in total. The van der Waals surface area contributed by atoms with Crippen molar-refractivity contribution in [3.05, 3.63) is 51.7 Å². The second-order valence-corrected chi connectivity index (χ2v) is 4.94. The molecule has 1 aromatic carbocycles. The van der Waals surface area contributed by atoms with Gasteiger partial charge in [-0.05, 0) is 13.0 Å². The summed E-state index contributed by atoms with van der Waals surface area (Å²) >= 11 is 1.40. The van der Waals surface area contributed by atoms with Gasteiger partial charge in [-0.2, -0.15) is 0 Å². The number of hydrogen-bond donors (Lipinski definition) is 1. The summed E-state index contributed by atoms with van der Waals surface area (Å²) in [7, 11) is 0. The van der Waals surface area contributed by atoms with Gasteiger partial charge < -0.3 is 5.11 Å². The molecule has 0 amide bonds. The third-order valence-corrected chi connectivity index (χ3v) is 3.61. The maximum atomic E-state index is 13.6. The van der Waals surface area contributed by atoms with Crippen LogP contribution in [0, 0.1) is 12.7 Å². The Labute approximate surface area is 108 Å². The van der Waals surface area contributed by atoms with E-state index in [9.17, 15) is 14.3 Å². The smallest absolute Gasteiger partial charge is 0.311 e. The summed E-state index contributed by atoms with van der Waals surface area (Å²) in [5.74, 6) is -2.41. The van der Waals surface area contributed by atoms with Gasteiger partial charge in [-0.25, -0.2) is 9.37 Å². The number of aliphatic carboxylic acids is 1. The minimum atomic E-state index is -1.03. The van der Waals surface area contributed by atoms with Crippen molar-refractivity contribution in [3.63, 3.8) is 0 Å². The summed E-state index contributed by atoms with van der Waals surface area (Å²) in [6.07, 6.45) is 0.217. The highest BCUT2D eigenvalue weighted by Gasteiger charge is 2.24. The maximum absolute atomic E-state index is 13.6. The molecular formula is C13H12FNO2S. The van der Waals surface area contributed by atoms with E-state index in [4.69, 9.17) is 0 Å². The zero-order valence-corrected chi connectivity index (χ0v) is 10.6. The highest BCUT2D eigenvalue weighted by molar-refractivity contribution is 7.09. The summed E-state index contributed by atoms with van der Waals surface area (Å²) < 4.78 is 13.6. The molecule has 0 aliphatic rings. The SMILES string of the molecule is Cc1csc(CC(C(=O)O)c2ccccc2F)n1. The number of benzene rings is 1. The second kappa shape index (κ2) is 5.27. The Morgan fingerprint density at radius 1 is 1.50 bits per heavy atom. The van der Waals surface area contributed by atoms with E-state index >= 15 is 0 Å². The zero-order chi connectivity index (χ0) is 13.1. The van der Waals surface area contributed by atoms with Gasteiger partial charge in [0.15, 0.2) is 0 Å². The molecule has 94 valence electrons. The predicted octanol–water partition coefficient (Wildman–Crippen LogP) is 3.00. The number of carboxylic acids is 1. The van der Waals surface area contributed by atoms with Crippen molar-refractivity contribution in [1.82, 2.24) is 4.98 Å². The van der Waals surface area contributed by atoms with Crippen LogP contribution in [0.5, 0.6) is 0 Å². The Hall–Kier alpha value is -1.75. The number of hydrogen-bond acceptors (Lipinski definition) is 3. The van der Waals surface area contributed by atoms with Crippen LogP contribution in [-0.4, -0.2) is 16.1 Å². The molecule has 1 aromatic heterocycles. The third-order valence-electron chi connectivity index (χ3n) is 2.62. The fourth-order valence-electron chi connectivity index (χ4n) is 1.76. The van der Waals surface area contributed by atoms with E-state index in [1.165, 1.54) is 23.5 Å². The lowest BCUT2D eigenvalue weighted by atomic mass is 9.95. The summed E-state index contributed by atoms with van der Waals surface area (Å²) in [6, 6.07) is 5.97. The molecule has 2 rings (SSSR count). The largest absolute Gasteiger partial charge is 0.481 e. The Bertz CT molecular complexity index is 568. The van der Waals surface area contributed by atoms with Crippen molar-refractivity contribution in [3.8, 4) is 0 Å². The molecule has 0 fully saturated rings. The molecule has 1 N–H and O–H groups in total. The molecule has 2 aromatic rings. The van der Waals surface area contributed by atoms with E-state index in [1.807, 2.05) is 12.3 Å². The molecule has 1 heterocycles. The van der Waals surface area contributed by atoms with E-state index in [-0.39, 0.29) is 12.0 Å². The van der Waals surface area contributed by atoms with Gasteiger partial charge in [-0.15, -0.1) is 11.3 Å². The summed E-state index contributed by atoms with van der Waals surface area (Å²) in [5, 5.41) is 11.8. The predicted molar refractivity (Wildman–Crippen MR) is 67.3 cm³/mol. The Morgan fingerprint density at radius 2 is 2.22 bits per heavy atom. The molecule has 0 bridgehead atoms. The van der Waals surface area contributed by atoms with Crippen LogP contribution in [0.25, 0.3) is 0 Å². The van der Waals surface area contributed by atoms with Crippen LogP contribution in [0.15, 0.2) is 29.6 Å². The Morgan fingerprint density at radius 3 is 2.78 bits per heavy atom. The molecule has 1 atom stereocenters. The lowest BCUT2D eigenvalue weighted by Gasteiger charge is -2.11. The summed E-state index contributed by atoms with van der Waals surface area (Å²) in [4.78, 5) is 15.5. The van der Waals surface area contributed by atoms with Gasteiger partial charge in [0.05, 0.1) is 10.9 Å². The van der Waals surface area contributed by atoms with E-state index in [0.717, 1.165) is 5.69 Å². The van der Waals surface area contributed by atoms with Crippen molar-refractivity contribution in [2.75, 3.05) is 0 Å². The number of nitrogens with zero attached hydrogens (tertiary/aromatic N) is 1. The first-order valence-electron chi connectivity index (χ1n) is 5.46. The number of thiazole rings is 1. The van der Waals surface area contributed by atoms with Crippen molar-refractivity contribution < 1.29 is 14.3 Å². The maximum Gasteiger partial charge on any atom is 0.311 e. The number of carbonyl (C=O) groups is 1. The van der Waals surface area contributed by atoms with Crippen molar-refractivity contribution in [2.24, 2.45) is 0 Å². The fourth-order valence-corrected chi connectivity index (χ4v) is 2.58. The van der Waals surface area contributed by atoms with Gasteiger partial charge in [0.2, 0.25) is 0 Å². The van der Waals surface area contributed by atoms with Crippen molar-refractivity contribution in [1.29, 1.82) is 0 Å². The number of aromatic nitrogens is 1. The molecule has 18 heavy (non-hydrogen) atoms. The molecule has 0 aliphatic heterocycles. The highest BCUT2D eigenvalue weighted by atomic mass is 32.1. The minimum Gasteiger partial charge on any atom is -0.481 e. The standard InChI is InChI=1S/C13H12FNO2S/c1-8-7-18-12(15-8)6-10(13(16)17)9-4-2-3-5-11(9)14/h2-5,7,10H,6H2,1H3,(H,16,17). The molecule has 0 radical (unpaired) electrons. The quantitative estimate of drug-likeness (QED) is 0.924. The first-order chi connectivity index (χ1) is 8.58. The van der Waals surface area contributed by atoms with E-state index < -0.39 is 17.7 Å². The second-order valence-electron chi connectivity index (χ2n) is 4.00. The molecule has 1 unspecified atom stereocenters. The Balaban J connectivity index is 2.30. The molecule has 0 aliphatic carbocycles. The van der Waals surface area contributed by atoms with E-state index in [1.54, 1.807) is 12.1 Å². The van der Waals surface area contributed by atoms with E-state index in [2.05, 4.69) is 4.98 Å². The average molecular weight is 265 g/mol. The number of halogens is 1. The lowest BCUT2D eigenvalue weighted by molar-refractivity contribution is -0.138. The monoisotopic (exact) mass is 265 g/mol. The summed E-state index contributed by atoms with van der Waals surface area (Å²) in [6.45, 7) is 1.85. The lowest BCUT2D eigenvalue weighted by Crippen LogP contribution is -2.15. The minimum absolute atomic E-state index is 0.206. The van der Waals surface area contributed by atoms with Gasteiger partial charge in [0.25, 0.3) is 0 Å². The molecule has 5 heteroatoms. The molecule has 0 spiro atoms. The molecular weight excluding hydrogens is 253 g/mol. The van der Waals surface area contributed by atoms with Gasteiger partial charge >= 0.3 is 5.97 Å². The van der Waals surface area contributed by atoms with Crippen LogP contribution < -0.4 is 0 Å². The summed E-state index contributed by atoms with van der Waals surface area (Å²) in [5.41, 5.74) is 1.06.